The summed E-state index contributed by atoms with van der Waals surface area (Å²) in [6.45, 7) is 4.50. The van der Waals surface area contributed by atoms with Crippen LogP contribution in [0.15, 0.2) is 18.2 Å². The number of benzene rings is 1. The predicted octanol–water partition coefficient (Wildman–Crippen LogP) is 4.13. The minimum atomic E-state index is -0.768. The molecule has 21 heavy (non-hydrogen) atoms. The van der Waals surface area contributed by atoms with Gasteiger partial charge in [0.25, 0.3) is 0 Å². The third-order valence-electron chi connectivity index (χ3n) is 4.54. The summed E-state index contributed by atoms with van der Waals surface area (Å²) in [6, 6.07) is 5.72. The van der Waals surface area contributed by atoms with Crippen molar-refractivity contribution in [2.45, 2.75) is 51.6 Å². The summed E-state index contributed by atoms with van der Waals surface area (Å²) in [4.78, 5) is 0. The molecule has 0 bridgehead atoms. The Morgan fingerprint density at radius 1 is 1.29 bits per heavy atom. The molecule has 0 aromatic heterocycles. The summed E-state index contributed by atoms with van der Waals surface area (Å²) in [7, 11) is 3.29. The molecule has 3 heteroatoms. The number of aliphatic hydroxyl groups is 1. The van der Waals surface area contributed by atoms with Crippen LogP contribution in [-0.4, -0.2) is 19.3 Å². The Labute approximate surface area is 128 Å². The third-order valence-corrected chi connectivity index (χ3v) is 4.54. The van der Waals surface area contributed by atoms with E-state index < -0.39 is 5.60 Å². The van der Waals surface area contributed by atoms with E-state index in [4.69, 9.17) is 9.47 Å². The highest BCUT2D eigenvalue weighted by Crippen LogP contribution is 2.45. The van der Waals surface area contributed by atoms with Gasteiger partial charge >= 0.3 is 0 Å². The molecule has 3 nitrogen and oxygen atoms in total. The summed E-state index contributed by atoms with van der Waals surface area (Å²) >= 11 is 0. The van der Waals surface area contributed by atoms with Gasteiger partial charge in [0.05, 0.1) is 19.8 Å². The maximum atomic E-state index is 11.2. The van der Waals surface area contributed by atoms with Gasteiger partial charge in [0.1, 0.15) is 11.5 Å². The molecule has 1 aliphatic rings. The van der Waals surface area contributed by atoms with Gasteiger partial charge in [0.2, 0.25) is 0 Å². The van der Waals surface area contributed by atoms with Gasteiger partial charge in [0, 0.05) is 11.6 Å². The Balaban J connectivity index is 2.26. The zero-order chi connectivity index (χ0) is 15.5. The van der Waals surface area contributed by atoms with Crippen molar-refractivity contribution in [1.82, 2.24) is 0 Å². The van der Waals surface area contributed by atoms with Crippen molar-refractivity contribution in [2.24, 2.45) is 11.8 Å². The van der Waals surface area contributed by atoms with Gasteiger partial charge < -0.3 is 14.6 Å². The van der Waals surface area contributed by atoms with E-state index in [2.05, 4.69) is 13.8 Å². The quantitative estimate of drug-likeness (QED) is 0.887. The van der Waals surface area contributed by atoms with Crippen LogP contribution in [0.5, 0.6) is 11.5 Å². The smallest absolute Gasteiger partial charge is 0.128 e. The minimum Gasteiger partial charge on any atom is -0.497 e. The van der Waals surface area contributed by atoms with Crippen molar-refractivity contribution in [3.8, 4) is 11.5 Å². The molecule has 0 amide bonds. The lowest BCUT2D eigenvalue weighted by Crippen LogP contribution is -2.33. The van der Waals surface area contributed by atoms with E-state index in [9.17, 15) is 5.11 Å². The maximum Gasteiger partial charge on any atom is 0.128 e. The van der Waals surface area contributed by atoms with Gasteiger partial charge in [-0.05, 0) is 49.7 Å². The highest BCUT2D eigenvalue weighted by molar-refractivity contribution is 5.44. The Morgan fingerprint density at radius 3 is 2.67 bits per heavy atom. The Kier molecular flexibility index (Phi) is 5.15. The van der Waals surface area contributed by atoms with Crippen LogP contribution in [0.2, 0.25) is 0 Å². The molecular weight excluding hydrogens is 264 g/mol. The number of ether oxygens (including phenoxy) is 2. The number of hydrogen-bond donors (Lipinski definition) is 1. The summed E-state index contributed by atoms with van der Waals surface area (Å²) < 4.78 is 10.7. The number of rotatable bonds is 5. The van der Waals surface area contributed by atoms with Crippen LogP contribution in [0.3, 0.4) is 0 Å². The molecule has 0 saturated heterocycles. The van der Waals surface area contributed by atoms with Gasteiger partial charge in [-0.1, -0.05) is 20.3 Å². The van der Waals surface area contributed by atoms with Crippen LogP contribution >= 0.6 is 0 Å². The normalized spacial score (nSPS) is 25.9. The van der Waals surface area contributed by atoms with Gasteiger partial charge in [0.15, 0.2) is 0 Å². The molecule has 118 valence electrons. The standard InChI is InChI=1S/C18H28O3/c1-13(2)10-14-6-5-9-18(19,12-14)16-8-7-15(20-3)11-17(16)21-4/h7-8,11,13-14,19H,5-6,9-10,12H2,1-4H3. The van der Waals surface area contributed by atoms with E-state index in [0.29, 0.717) is 11.8 Å². The van der Waals surface area contributed by atoms with Crippen molar-refractivity contribution in [3.05, 3.63) is 23.8 Å². The van der Waals surface area contributed by atoms with Crippen LogP contribution in [-0.2, 0) is 5.60 Å². The first-order chi connectivity index (χ1) is 9.98. The van der Waals surface area contributed by atoms with Crippen molar-refractivity contribution >= 4 is 0 Å². The minimum absolute atomic E-state index is 0.593. The molecule has 0 aliphatic heterocycles. The molecule has 1 N–H and O–H groups in total. The van der Waals surface area contributed by atoms with E-state index in [1.807, 2.05) is 18.2 Å². The monoisotopic (exact) mass is 292 g/mol. The molecular formula is C18H28O3. The molecule has 0 spiro atoms. The van der Waals surface area contributed by atoms with Crippen LogP contribution in [0.4, 0.5) is 0 Å². The molecule has 0 radical (unpaired) electrons. The highest BCUT2D eigenvalue weighted by atomic mass is 16.5. The Hall–Kier alpha value is -1.22. The SMILES string of the molecule is COc1ccc(C2(O)CCCC(CC(C)C)C2)c(OC)c1. The molecule has 2 rings (SSSR count). The topological polar surface area (TPSA) is 38.7 Å². The summed E-state index contributed by atoms with van der Waals surface area (Å²) in [5.74, 6) is 2.75. The van der Waals surface area contributed by atoms with E-state index in [-0.39, 0.29) is 0 Å². The molecule has 1 fully saturated rings. The molecule has 1 aromatic rings. The first-order valence-electron chi connectivity index (χ1n) is 7.93. The second-order valence-corrected chi connectivity index (χ2v) is 6.69. The summed E-state index contributed by atoms with van der Waals surface area (Å²) in [6.07, 6.45) is 5.11. The van der Waals surface area contributed by atoms with Crippen LogP contribution in [0.25, 0.3) is 0 Å². The summed E-state index contributed by atoms with van der Waals surface area (Å²) in [5.41, 5.74) is 0.134. The average molecular weight is 292 g/mol. The lowest BCUT2D eigenvalue weighted by atomic mass is 9.72. The summed E-state index contributed by atoms with van der Waals surface area (Å²) in [5, 5.41) is 11.2. The number of methoxy groups -OCH3 is 2. The van der Waals surface area contributed by atoms with Gasteiger partial charge in [-0.15, -0.1) is 0 Å². The molecule has 2 atom stereocenters. The van der Waals surface area contributed by atoms with Crippen LogP contribution in [0.1, 0.15) is 51.5 Å². The maximum absolute atomic E-state index is 11.2. The van der Waals surface area contributed by atoms with Crippen molar-refractivity contribution in [3.63, 3.8) is 0 Å². The Bertz CT molecular complexity index is 470. The fourth-order valence-corrected chi connectivity index (χ4v) is 3.66. The molecule has 0 heterocycles. The zero-order valence-electron chi connectivity index (χ0n) is 13.7. The molecule has 2 unspecified atom stereocenters. The largest absolute Gasteiger partial charge is 0.497 e. The fourth-order valence-electron chi connectivity index (χ4n) is 3.66. The molecule has 1 aromatic carbocycles. The van der Waals surface area contributed by atoms with E-state index >= 15 is 0 Å². The van der Waals surface area contributed by atoms with Crippen molar-refractivity contribution in [1.29, 1.82) is 0 Å². The highest BCUT2D eigenvalue weighted by Gasteiger charge is 2.38. The van der Waals surface area contributed by atoms with E-state index in [1.54, 1.807) is 14.2 Å². The number of hydrogen-bond acceptors (Lipinski definition) is 3. The van der Waals surface area contributed by atoms with Gasteiger partial charge in [-0.25, -0.2) is 0 Å². The second kappa shape index (κ2) is 6.69. The van der Waals surface area contributed by atoms with Crippen LogP contribution in [0, 0.1) is 11.8 Å². The molecule has 1 aliphatic carbocycles. The lowest BCUT2D eigenvalue weighted by molar-refractivity contribution is -0.0261. The molecule has 1 saturated carbocycles. The lowest BCUT2D eigenvalue weighted by Gasteiger charge is -2.38. The fraction of sp³-hybridized carbons (Fsp3) is 0.667. The zero-order valence-corrected chi connectivity index (χ0v) is 13.7. The average Bonchev–Trinajstić information content (AvgIpc) is 2.45. The van der Waals surface area contributed by atoms with Crippen molar-refractivity contribution in [2.75, 3.05) is 14.2 Å². The predicted molar refractivity (Wildman–Crippen MR) is 84.9 cm³/mol. The van der Waals surface area contributed by atoms with Crippen molar-refractivity contribution < 1.29 is 14.6 Å². The third kappa shape index (κ3) is 3.70. The van der Waals surface area contributed by atoms with Crippen LogP contribution < -0.4 is 9.47 Å². The Morgan fingerprint density at radius 2 is 2.05 bits per heavy atom. The van der Waals surface area contributed by atoms with Gasteiger partial charge in [-0.3, -0.25) is 0 Å². The van der Waals surface area contributed by atoms with E-state index in [0.717, 1.165) is 36.3 Å². The second-order valence-electron chi connectivity index (χ2n) is 6.69. The van der Waals surface area contributed by atoms with E-state index in [1.165, 1.54) is 12.8 Å². The first-order valence-corrected chi connectivity index (χ1v) is 7.93. The first kappa shape index (κ1) is 16.2. The van der Waals surface area contributed by atoms with Gasteiger partial charge in [-0.2, -0.15) is 0 Å².